The molecule has 35 heavy (non-hydrogen) atoms. The molecule has 4 heterocycles. The Morgan fingerprint density at radius 2 is 1.71 bits per heavy atom. The molecule has 7 nitrogen and oxygen atoms in total. The maximum Gasteiger partial charge on any atom is 0.259 e. The van der Waals surface area contributed by atoms with Gasteiger partial charge in [0.25, 0.3) is 11.8 Å². The van der Waals surface area contributed by atoms with Crippen molar-refractivity contribution in [3.05, 3.63) is 59.4 Å². The predicted octanol–water partition coefficient (Wildman–Crippen LogP) is 3.91. The highest BCUT2D eigenvalue weighted by molar-refractivity contribution is 6.06. The zero-order chi connectivity index (χ0) is 24.2. The van der Waals surface area contributed by atoms with Crippen LogP contribution in [0.25, 0.3) is 0 Å². The smallest absolute Gasteiger partial charge is 0.259 e. The van der Waals surface area contributed by atoms with Crippen LogP contribution in [-0.4, -0.2) is 58.1 Å². The number of rotatable bonds is 2. The van der Waals surface area contributed by atoms with Gasteiger partial charge in [0.05, 0.1) is 11.7 Å². The number of amides is 2. The Labute approximate surface area is 207 Å². The number of anilines is 1. The molecule has 2 amide bonds. The molecule has 2 unspecified atom stereocenters. The molecule has 1 aromatic carbocycles. The minimum atomic E-state index is -0.302. The van der Waals surface area contributed by atoms with Crippen LogP contribution in [0, 0.1) is 0 Å². The normalized spacial score (nSPS) is 25.3. The molecule has 0 aliphatic carbocycles. The molecule has 3 aliphatic heterocycles. The second-order valence-corrected chi connectivity index (χ2v) is 10.2. The largest absolute Gasteiger partial charge is 0.393 e. The van der Waals surface area contributed by atoms with Crippen molar-refractivity contribution < 1.29 is 14.7 Å². The molecular weight excluding hydrogens is 440 g/mol. The lowest BCUT2D eigenvalue weighted by molar-refractivity contribution is 0.0286. The molecule has 5 rings (SSSR count). The molecule has 1 aromatic heterocycles. The molecule has 0 saturated carbocycles. The van der Waals surface area contributed by atoms with E-state index in [1.165, 1.54) is 12.8 Å². The Hall–Kier alpha value is -2.77. The molecule has 186 valence electrons. The minimum absolute atomic E-state index is 0.0449. The van der Waals surface area contributed by atoms with E-state index in [0.29, 0.717) is 37.1 Å². The first-order valence-electron chi connectivity index (χ1n) is 13.2. The van der Waals surface area contributed by atoms with E-state index in [1.54, 1.807) is 18.5 Å². The van der Waals surface area contributed by atoms with Crippen LogP contribution >= 0.6 is 0 Å². The minimum Gasteiger partial charge on any atom is -0.393 e. The number of aliphatic hydroxyl groups excluding tert-OH is 1. The molecular formula is C28H36N4O3. The zero-order valence-corrected chi connectivity index (χ0v) is 20.4. The van der Waals surface area contributed by atoms with E-state index in [2.05, 4.69) is 10.3 Å². The van der Waals surface area contributed by atoms with Crippen molar-refractivity contribution in [2.75, 3.05) is 18.0 Å². The lowest BCUT2D eigenvalue weighted by Gasteiger charge is -2.37. The molecule has 0 radical (unpaired) electrons. The standard InChI is InChI=1S/C28H36N4O3/c33-25-16-23-9-10-24(17-25)32(23)28(35)20-8-11-26-22(15-20)19-29-12-4-2-1-3-5-14-31(26)27(34)21-7-6-13-30-18-21/h6-8,11,13,15,18,23-25,29,33H,1-5,9-10,12,14,16-17,19H2. The lowest BCUT2D eigenvalue weighted by Crippen LogP contribution is -2.48. The van der Waals surface area contributed by atoms with E-state index in [-0.39, 0.29) is 30.0 Å². The van der Waals surface area contributed by atoms with Crippen LogP contribution in [0.4, 0.5) is 5.69 Å². The maximum atomic E-state index is 13.6. The highest BCUT2D eigenvalue weighted by atomic mass is 16.3. The van der Waals surface area contributed by atoms with E-state index < -0.39 is 0 Å². The Bertz CT molecular complexity index is 1030. The fourth-order valence-electron chi connectivity index (χ4n) is 6.00. The second kappa shape index (κ2) is 10.9. The van der Waals surface area contributed by atoms with Gasteiger partial charge in [-0.1, -0.05) is 19.3 Å². The first kappa shape index (κ1) is 23.9. The summed E-state index contributed by atoms with van der Waals surface area (Å²) in [6.07, 6.45) is 11.8. The number of nitrogens with zero attached hydrogens (tertiary/aromatic N) is 3. The van der Waals surface area contributed by atoms with E-state index in [0.717, 1.165) is 49.9 Å². The average molecular weight is 477 g/mol. The maximum absolute atomic E-state index is 13.6. The van der Waals surface area contributed by atoms with Crippen LogP contribution in [0.2, 0.25) is 0 Å². The summed E-state index contributed by atoms with van der Waals surface area (Å²) in [5.41, 5.74) is 3.07. The van der Waals surface area contributed by atoms with Gasteiger partial charge in [-0.15, -0.1) is 0 Å². The van der Waals surface area contributed by atoms with Crippen molar-refractivity contribution in [3.63, 3.8) is 0 Å². The first-order chi connectivity index (χ1) is 17.1. The molecule has 2 saturated heterocycles. The van der Waals surface area contributed by atoms with Crippen molar-refractivity contribution >= 4 is 17.5 Å². The van der Waals surface area contributed by atoms with Crippen LogP contribution in [0.3, 0.4) is 0 Å². The number of piperidine rings is 1. The highest BCUT2D eigenvalue weighted by Crippen LogP contribution is 2.37. The van der Waals surface area contributed by atoms with Gasteiger partial charge in [0, 0.05) is 48.8 Å². The number of hydrogen-bond donors (Lipinski definition) is 2. The fraction of sp³-hybridized carbons (Fsp3) is 0.536. The number of pyridine rings is 1. The van der Waals surface area contributed by atoms with Crippen LogP contribution in [-0.2, 0) is 6.54 Å². The fourth-order valence-corrected chi connectivity index (χ4v) is 6.00. The molecule has 2 aromatic rings. The quantitative estimate of drug-likeness (QED) is 0.687. The van der Waals surface area contributed by atoms with Crippen molar-refractivity contribution in [1.82, 2.24) is 15.2 Å². The summed E-state index contributed by atoms with van der Waals surface area (Å²) < 4.78 is 0. The second-order valence-electron chi connectivity index (χ2n) is 10.2. The third-order valence-electron chi connectivity index (χ3n) is 7.76. The van der Waals surface area contributed by atoms with Gasteiger partial charge < -0.3 is 20.2 Å². The topological polar surface area (TPSA) is 85.8 Å². The number of carbonyl (C=O) groups is 2. The third-order valence-corrected chi connectivity index (χ3v) is 7.76. The third kappa shape index (κ3) is 5.26. The van der Waals surface area contributed by atoms with Crippen LogP contribution in [0.15, 0.2) is 42.7 Å². The van der Waals surface area contributed by atoms with Crippen LogP contribution in [0.1, 0.15) is 84.1 Å². The highest BCUT2D eigenvalue weighted by Gasteiger charge is 2.43. The Morgan fingerprint density at radius 3 is 2.49 bits per heavy atom. The van der Waals surface area contributed by atoms with E-state index >= 15 is 0 Å². The van der Waals surface area contributed by atoms with Crippen molar-refractivity contribution in [2.45, 2.75) is 82.5 Å². The van der Waals surface area contributed by atoms with E-state index in [9.17, 15) is 14.7 Å². The van der Waals surface area contributed by atoms with Gasteiger partial charge >= 0.3 is 0 Å². The molecule has 2 atom stereocenters. The Balaban J connectivity index is 1.47. The first-order valence-corrected chi connectivity index (χ1v) is 13.2. The molecule has 2 N–H and O–H groups in total. The number of hydrogen-bond acceptors (Lipinski definition) is 5. The van der Waals surface area contributed by atoms with Crippen LogP contribution < -0.4 is 10.2 Å². The average Bonchev–Trinajstić information content (AvgIpc) is 3.14. The monoisotopic (exact) mass is 476 g/mol. The van der Waals surface area contributed by atoms with Gasteiger partial charge in [0.15, 0.2) is 0 Å². The van der Waals surface area contributed by atoms with Gasteiger partial charge in [-0.2, -0.15) is 0 Å². The molecule has 2 bridgehead atoms. The summed E-state index contributed by atoms with van der Waals surface area (Å²) in [7, 11) is 0. The van der Waals surface area contributed by atoms with Gasteiger partial charge in [0.2, 0.25) is 0 Å². The van der Waals surface area contributed by atoms with Crippen molar-refractivity contribution in [2.24, 2.45) is 0 Å². The molecule has 2 fully saturated rings. The number of benzene rings is 1. The number of fused-ring (bicyclic) bond motifs is 3. The number of aromatic nitrogens is 1. The summed E-state index contributed by atoms with van der Waals surface area (Å²) in [5, 5.41) is 13.7. The summed E-state index contributed by atoms with van der Waals surface area (Å²) in [4.78, 5) is 35.2. The Morgan fingerprint density at radius 1 is 0.943 bits per heavy atom. The summed E-state index contributed by atoms with van der Waals surface area (Å²) in [5.74, 6) is -0.0120. The summed E-state index contributed by atoms with van der Waals surface area (Å²) in [6, 6.07) is 9.65. The van der Waals surface area contributed by atoms with Gasteiger partial charge in [-0.3, -0.25) is 14.6 Å². The van der Waals surface area contributed by atoms with E-state index in [1.807, 2.05) is 34.1 Å². The number of carbonyl (C=O) groups excluding carboxylic acids is 2. The molecule has 0 spiro atoms. The lowest BCUT2D eigenvalue weighted by atomic mass is 9.97. The summed E-state index contributed by atoms with van der Waals surface area (Å²) >= 11 is 0. The van der Waals surface area contributed by atoms with Gasteiger partial charge in [-0.25, -0.2) is 0 Å². The summed E-state index contributed by atoms with van der Waals surface area (Å²) in [6.45, 7) is 2.17. The van der Waals surface area contributed by atoms with Crippen molar-refractivity contribution in [3.8, 4) is 0 Å². The molecule has 7 heteroatoms. The van der Waals surface area contributed by atoms with Gasteiger partial charge in [0.1, 0.15) is 0 Å². The van der Waals surface area contributed by atoms with Gasteiger partial charge in [-0.05, 0) is 81.0 Å². The predicted molar refractivity (Wildman–Crippen MR) is 135 cm³/mol. The van der Waals surface area contributed by atoms with Crippen LogP contribution in [0.5, 0.6) is 0 Å². The van der Waals surface area contributed by atoms with Crippen molar-refractivity contribution in [1.29, 1.82) is 0 Å². The SMILES string of the molecule is O=C(c1cccnc1)N1CCCCCCCNCc2cc(C(=O)N3C4CCC3CC(O)C4)ccc21. The Kier molecular flexibility index (Phi) is 7.44. The zero-order valence-electron chi connectivity index (χ0n) is 20.4. The molecule has 3 aliphatic rings. The number of nitrogens with one attached hydrogen (secondary N) is 1. The number of aliphatic hydroxyl groups is 1. The van der Waals surface area contributed by atoms with E-state index in [4.69, 9.17) is 0 Å².